The van der Waals surface area contributed by atoms with Crippen LogP contribution in [0.5, 0.6) is 0 Å². The number of nitrogens with zero attached hydrogens (tertiary/aromatic N) is 1. The van der Waals surface area contributed by atoms with Gasteiger partial charge in [0, 0.05) is 12.5 Å². The fraction of sp³-hybridized carbons (Fsp3) is 0.333. The molecule has 6 nitrogen and oxygen atoms in total. The molecule has 1 aliphatic rings. The molecular formula is C6H8N2O4S. The summed E-state index contributed by atoms with van der Waals surface area (Å²) in [5, 5.41) is 15.1. The van der Waals surface area contributed by atoms with Crippen molar-refractivity contribution >= 4 is 10.0 Å². The Bertz CT molecular complexity index is 393. The summed E-state index contributed by atoms with van der Waals surface area (Å²) in [5.41, 5.74) is -0.119. The Morgan fingerprint density at radius 1 is 1.54 bits per heavy atom. The van der Waals surface area contributed by atoms with E-state index in [1.807, 2.05) is 0 Å². The van der Waals surface area contributed by atoms with Crippen LogP contribution in [0.2, 0.25) is 0 Å². The highest BCUT2D eigenvalue weighted by atomic mass is 32.2. The molecule has 72 valence electrons. The van der Waals surface area contributed by atoms with Crippen LogP contribution in [0.15, 0.2) is 22.8 Å². The van der Waals surface area contributed by atoms with E-state index in [0.29, 0.717) is 6.42 Å². The van der Waals surface area contributed by atoms with Gasteiger partial charge in [-0.05, 0) is 6.42 Å². The van der Waals surface area contributed by atoms with Gasteiger partial charge in [-0.2, -0.15) is 0 Å². The van der Waals surface area contributed by atoms with Crippen LogP contribution in [0.4, 0.5) is 0 Å². The highest BCUT2D eigenvalue weighted by Crippen LogP contribution is 2.19. The van der Waals surface area contributed by atoms with E-state index in [4.69, 9.17) is 5.14 Å². The molecule has 0 amide bonds. The van der Waals surface area contributed by atoms with E-state index < -0.39 is 14.9 Å². The zero-order valence-corrected chi connectivity index (χ0v) is 7.45. The van der Waals surface area contributed by atoms with E-state index in [-0.39, 0.29) is 17.0 Å². The highest BCUT2D eigenvalue weighted by molar-refractivity contribution is 7.93. The number of primary sulfonamides is 1. The second-order valence-electron chi connectivity index (χ2n) is 2.58. The van der Waals surface area contributed by atoms with Crippen molar-refractivity contribution in [3.63, 3.8) is 0 Å². The molecule has 0 aromatic rings. The summed E-state index contributed by atoms with van der Waals surface area (Å²) >= 11 is 0. The van der Waals surface area contributed by atoms with Gasteiger partial charge in [-0.15, -0.1) is 0 Å². The Balaban J connectivity index is 3.05. The van der Waals surface area contributed by atoms with Crippen molar-refractivity contribution in [1.82, 2.24) is 0 Å². The van der Waals surface area contributed by atoms with Crippen molar-refractivity contribution in [2.24, 2.45) is 5.14 Å². The molecule has 0 aromatic heterocycles. The maximum atomic E-state index is 10.8. The SMILES string of the molecule is NS(=O)(=O)C1=CCCC([N+](=O)[O-])=C1. The van der Waals surface area contributed by atoms with Crippen molar-refractivity contribution in [1.29, 1.82) is 0 Å². The summed E-state index contributed by atoms with van der Waals surface area (Å²) in [7, 11) is -3.81. The molecule has 0 radical (unpaired) electrons. The van der Waals surface area contributed by atoms with Crippen molar-refractivity contribution in [2.75, 3.05) is 0 Å². The summed E-state index contributed by atoms with van der Waals surface area (Å²) in [6.45, 7) is 0. The number of allylic oxidation sites excluding steroid dienone is 3. The highest BCUT2D eigenvalue weighted by Gasteiger charge is 2.20. The Hall–Kier alpha value is -1.21. The molecule has 13 heavy (non-hydrogen) atoms. The van der Waals surface area contributed by atoms with E-state index in [1.165, 1.54) is 6.08 Å². The predicted molar refractivity (Wildman–Crippen MR) is 45.5 cm³/mol. The summed E-state index contributed by atoms with van der Waals surface area (Å²) in [6, 6.07) is 0. The average Bonchev–Trinajstić information content (AvgIpc) is 2.03. The van der Waals surface area contributed by atoms with E-state index >= 15 is 0 Å². The lowest BCUT2D eigenvalue weighted by Gasteiger charge is -2.05. The first-order valence-corrected chi connectivity index (χ1v) is 5.04. The molecule has 0 fully saturated rings. The third kappa shape index (κ3) is 2.36. The second-order valence-corrected chi connectivity index (χ2v) is 4.14. The summed E-state index contributed by atoms with van der Waals surface area (Å²) in [6.07, 6.45) is 2.95. The fourth-order valence-electron chi connectivity index (χ4n) is 1.000. The lowest BCUT2D eigenvalue weighted by Crippen LogP contribution is -2.16. The molecule has 0 unspecified atom stereocenters. The van der Waals surface area contributed by atoms with Crippen molar-refractivity contribution in [3.05, 3.63) is 32.9 Å². The molecular weight excluding hydrogens is 196 g/mol. The van der Waals surface area contributed by atoms with E-state index in [1.54, 1.807) is 0 Å². The molecule has 0 saturated carbocycles. The lowest BCUT2D eigenvalue weighted by molar-refractivity contribution is -0.428. The zero-order chi connectivity index (χ0) is 10.1. The van der Waals surface area contributed by atoms with Crippen LogP contribution in [0.1, 0.15) is 12.8 Å². The molecule has 0 aliphatic heterocycles. The average molecular weight is 204 g/mol. The van der Waals surface area contributed by atoms with Gasteiger partial charge in [0.05, 0.1) is 9.83 Å². The number of sulfonamides is 1. The number of rotatable bonds is 2. The molecule has 1 aliphatic carbocycles. The summed E-state index contributed by atoms with van der Waals surface area (Å²) in [5.74, 6) is 0. The standard InChI is InChI=1S/C6H8N2O4S/c7-13(11,12)6-3-1-2-5(4-6)8(9)10/h3-4H,1-2H2,(H2,7,11,12). The molecule has 0 saturated heterocycles. The van der Waals surface area contributed by atoms with Gasteiger partial charge in [0.15, 0.2) is 0 Å². The lowest BCUT2D eigenvalue weighted by atomic mass is 10.1. The molecule has 0 atom stereocenters. The third-order valence-corrected chi connectivity index (χ3v) is 2.56. The van der Waals surface area contributed by atoms with Crippen LogP contribution in [-0.2, 0) is 10.0 Å². The van der Waals surface area contributed by atoms with Crippen LogP contribution in [-0.4, -0.2) is 13.3 Å². The fourth-order valence-corrected chi connectivity index (χ4v) is 1.65. The van der Waals surface area contributed by atoms with Gasteiger partial charge in [-0.1, -0.05) is 6.08 Å². The van der Waals surface area contributed by atoms with Crippen LogP contribution in [0.25, 0.3) is 0 Å². The monoisotopic (exact) mass is 204 g/mol. The van der Waals surface area contributed by atoms with Crippen molar-refractivity contribution in [3.8, 4) is 0 Å². The minimum Gasteiger partial charge on any atom is -0.259 e. The summed E-state index contributed by atoms with van der Waals surface area (Å²) < 4.78 is 21.6. The Labute approximate surface area is 74.9 Å². The van der Waals surface area contributed by atoms with Crippen LogP contribution < -0.4 is 5.14 Å². The van der Waals surface area contributed by atoms with Crippen LogP contribution in [0.3, 0.4) is 0 Å². The summed E-state index contributed by atoms with van der Waals surface area (Å²) in [4.78, 5) is 9.53. The van der Waals surface area contributed by atoms with Gasteiger partial charge >= 0.3 is 0 Å². The molecule has 0 heterocycles. The third-order valence-electron chi connectivity index (χ3n) is 1.62. The van der Waals surface area contributed by atoms with Crippen molar-refractivity contribution in [2.45, 2.75) is 12.8 Å². The quantitative estimate of drug-likeness (QED) is 0.509. The maximum absolute atomic E-state index is 10.8. The molecule has 7 heteroatoms. The van der Waals surface area contributed by atoms with Crippen molar-refractivity contribution < 1.29 is 13.3 Å². The van der Waals surface area contributed by atoms with Gasteiger partial charge < -0.3 is 0 Å². The first-order valence-electron chi connectivity index (χ1n) is 3.49. The second kappa shape index (κ2) is 3.27. The number of nitro groups is 1. The maximum Gasteiger partial charge on any atom is 0.247 e. The molecule has 2 N–H and O–H groups in total. The van der Waals surface area contributed by atoms with Gasteiger partial charge in [0.1, 0.15) is 0 Å². The predicted octanol–water partition coefficient (Wildman–Crippen LogP) is 0.113. The number of hydrogen-bond donors (Lipinski definition) is 1. The Kier molecular flexibility index (Phi) is 2.48. The number of nitrogens with two attached hydrogens (primary N) is 1. The Morgan fingerprint density at radius 2 is 2.15 bits per heavy atom. The Morgan fingerprint density at radius 3 is 2.62 bits per heavy atom. The topological polar surface area (TPSA) is 103 Å². The van der Waals surface area contributed by atoms with E-state index in [2.05, 4.69) is 0 Å². The first-order chi connectivity index (χ1) is 5.91. The minimum atomic E-state index is -3.81. The molecule has 0 bridgehead atoms. The minimum absolute atomic E-state index is 0.119. The molecule has 0 aromatic carbocycles. The van der Waals surface area contributed by atoms with E-state index in [9.17, 15) is 18.5 Å². The van der Waals surface area contributed by atoms with Gasteiger partial charge in [-0.25, -0.2) is 13.6 Å². The van der Waals surface area contributed by atoms with Crippen LogP contribution >= 0.6 is 0 Å². The zero-order valence-electron chi connectivity index (χ0n) is 6.63. The largest absolute Gasteiger partial charge is 0.259 e. The van der Waals surface area contributed by atoms with Crippen LogP contribution in [0, 0.1) is 10.1 Å². The normalized spacial score (nSPS) is 17.6. The smallest absolute Gasteiger partial charge is 0.247 e. The molecule has 1 rings (SSSR count). The van der Waals surface area contributed by atoms with Gasteiger partial charge in [-0.3, -0.25) is 10.1 Å². The van der Waals surface area contributed by atoms with Gasteiger partial charge in [0.25, 0.3) is 0 Å². The molecule has 0 spiro atoms. The number of hydrogen-bond acceptors (Lipinski definition) is 4. The van der Waals surface area contributed by atoms with E-state index in [0.717, 1.165) is 6.08 Å². The first kappa shape index (κ1) is 9.87. The van der Waals surface area contributed by atoms with Gasteiger partial charge in [0.2, 0.25) is 15.7 Å².